The standard InChI is InChI=1S/C56H92O6/c1-4-7-10-13-16-19-22-25-26-27-28-29-30-32-34-37-40-43-46-49-55(58)61-52-53(51-60-54(57)48-45-42-39-36-33-24-21-18-15-12-9-6-3)62-56(59)50-47-44-41-38-35-31-23-20-17-14-11-8-5-2/h7,9-10,12,16,18-19,21,25-26,28-29,31,33,35-36,53H,4-6,8,11,13-15,17,20,22-24,27,30,32,34,37-52H2,1-3H3/b10-7-,12-9-,19-16-,21-18-,26-25-,29-28-,35-31-,36-33-. The molecule has 0 fully saturated rings. The normalized spacial score (nSPS) is 12.9. The van der Waals surface area contributed by atoms with Crippen LogP contribution in [0.2, 0.25) is 0 Å². The van der Waals surface area contributed by atoms with Gasteiger partial charge in [0.05, 0.1) is 0 Å². The summed E-state index contributed by atoms with van der Waals surface area (Å²) in [7, 11) is 0. The van der Waals surface area contributed by atoms with Gasteiger partial charge in [-0.3, -0.25) is 14.4 Å². The Labute approximate surface area is 381 Å². The Morgan fingerprint density at radius 3 is 1.05 bits per heavy atom. The van der Waals surface area contributed by atoms with Gasteiger partial charge in [-0.25, -0.2) is 0 Å². The number of esters is 3. The highest BCUT2D eigenvalue weighted by molar-refractivity contribution is 5.71. The number of allylic oxidation sites excluding steroid dienone is 16. The number of hydrogen-bond donors (Lipinski definition) is 0. The zero-order valence-electron chi connectivity index (χ0n) is 40.1. The van der Waals surface area contributed by atoms with Crippen LogP contribution in [0, 0.1) is 0 Å². The van der Waals surface area contributed by atoms with Crippen molar-refractivity contribution in [2.45, 2.75) is 226 Å². The van der Waals surface area contributed by atoms with Crippen LogP contribution in [0.25, 0.3) is 0 Å². The van der Waals surface area contributed by atoms with E-state index in [0.717, 1.165) is 128 Å². The second kappa shape index (κ2) is 50.0. The van der Waals surface area contributed by atoms with Crippen LogP contribution in [0.5, 0.6) is 0 Å². The second-order valence-corrected chi connectivity index (χ2v) is 16.3. The lowest BCUT2D eigenvalue weighted by atomic mass is 10.1. The zero-order chi connectivity index (χ0) is 45.1. The molecule has 0 aromatic carbocycles. The lowest BCUT2D eigenvalue weighted by Crippen LogP contribution is -2.30. The molecule has 62 heavy (non-hydrogen) atoms. The van der Waals surface area contributed by atoms with Crippen LogP contribution in [0.4, 0.5) is 0 Å². The summed E-state index contributed by atoms with van der Waals surface area (Å²) >= 11 is 0. The van der Waals surface area contributed by atoms with Gasteiger partial charge in [0, 0.05) is 19.3 Å². The van der Waals surface area contributed by atoms with E-state index in [4.69, 9.17) is 14.2 Å². The summed E-state index contributed by atoms with van der Waals surface area (Å²) < 4.78 is 16.7. The van der Waals surface area contributed by atoms with Crippen molar-refractivity contribution in [2.24, 2.45) is 0 Å². The first-order chi connectivity index (χ1) is 30.5. The van der Waals surface area contributed by atoms with Crippen molar-refractivity contribution in [1.29, 1.82) is 0 Å². The first-order valence-corrected chi connectivity index (χ1v) is 25.2. The summed E-state index contributed by atoms with van der Waals surface area (Å²) in [4.78, 5) is 37.9. The lowest BCUT2D eigenvalue weighted by Gasteiger charge is -2.18. The summed E-state index contributed by atoms with van der Waals surface area (Å²) in [5.74, 6) is -0.979. The molecule has 0 rings (SSSR count). The highest BCUT2D eigenvalue weighted by Crippen LogP contribution is 2.13. The average Bonchev–Trinajstić information content (AvgIpc) is 3.27. The Hall–Kier alpha value is -3.67. The van der Waals surface area contributed by atoms with Gasteiger partial charge in [-0.2, -0.15) is 0 Å². The van der Waals surface area contributed by atoms with Crippen LogP contribution < -0.4 is 0 Å². The van der Waals surface area contributed by atoms with Crippen LogP contribution in [-0.2, 0) is 28.6 Å². The maximum absolute atomic E-state index is 12.8. The molecule has 0 amide bonds. The molecule has 1 unspecified atom stereocenters. The number of hydrogen-bond acceptors (Lipinski definition) is 6. The van der Waals surface area contributed by atoms with Crippen LogP contribution in [0.3, 0.4) is 0 Å². The van der Waals surface area contributed by atoms with Gasteiger partial charge in [-0.15, -0.1) is 0 Å². The van der Waals surface area contributed by atoms with E-state index in [1.807, 2.05) is 0 Å². The van der Waals surface area contributed by atoms with Gasteiger partial charge in [0.15, 0.2) is 6.10 Å². The predicted octanol–water partition coefficient (Wildman–Crippen LogP) is 16.6. The molecule has 0 aliphatic rings. The third-order valence-electron chi connectivity index (χ3n) is 10.3. The fourth-order valence-corrected chi connectivity index (χ4v) is 6.56. The average molecular weight is 861 g/mol. The highest BCUT2D eigenvalue weighted by Gasteiger charge is 2.19. The molecule has 352 valence electrons. The number of unbranched alkanes of at least 4 members (excludes halogenated alkanes) is 17. The van der Waals surface area contributed by atoms with Crippen molar-refractivity contribution in [2.75, 3.05) is 13.2 Å². The summed E-state index contributed by atoms with van der Waals surface area (Å²) in [5.41, 5.74) is 0. The molecule has 6 heteroatoms. The summed E-state index contributed by atoms with van der Waals surface area (Å²) in [6, 6.07) is 0. The van der Waals surface area contributed by atoms with Crippen molar-refractivity contribution in [3.8, 4) is 0 Å². The molecule has 0 saturated carbocycles. The van der Waals surface area contributed by atoms with E-state index in [0.29, 0.717) is 19.3 Å². The minimum Gasteiger partial charge on any atom is -0.462 e. The third kappa shape index (κ3) is 47.4. The summed E-state index contributed by atoms with van der Waals surface area (Å²) in [6.45, 7) is 6.33. The minimum absolute atomic E-state index is 0.104. The molecule has 0 spiro atoms. The van der Waals surface area contributed by atoms with E-state index in [9.17, 15) is 14.4 Å². The Morgan fingerprint density at radius 2 is 0.629 bits per heavy atom. The monoisotopic (exact) mass is 861 g/mol. The molecule has 6 nitrogen and oxygen atoms in total. The predicted molar refractivity (Wildman–Crippen MR) is 265 cm³/mol. The van der Waals surface area contributed by atoms with E-state index >= 15 is 0 Å². The van der Waals surface area contributed by atoms with Crippen molar-refractivity contribution in [3.05, 3.63) is 97.2 Å². The Bertz CT molecular complexity index is 1260. The molecular weight excluding hydrogens is 769 g/mol. The molecule has 0 N–H and O–H groups in total. The highest BCUT2D eigenvalue weighted by atomic mass is 16.6. The van der Waals surface area contributed by atoms with Crippen LogP contribution >= 0.6 is 0 Å². The van der Waals surface area contributed by atoms with E-state index in [1.54, 1.807) is 0 Å². The third-order valence-corrected chi connectivity index (χ3v) is 10.3. The van der Waals surface area contributed by atoms with Crippen LogP contribution in [0.1, 0.15) is 220 Å². The maximum atomic E-state index is 12.8. The van der Waals surface area contributed by atoms with Crippen molar-refractivity contribution in [1.82, 2.24) is 0 Å². The van der Waals surface area contributed by atoms with Crippen LogP contribution in [0.15, 0.2) is 97.2 Å². The number of rotatable bonds is 44. The summed E-state index contributed by atoms with van der Waals surface area (Å²) in [5, 5.41) is 0. The Kier molecular flexibility index (Phi) is 47.0. The van der Waals surface area contributed by atoms with Crippen LogP contribution in [-0.4, -0.2) is 37.2 Å². The molecule has 0 bridgehead atoms. The Morgan fingerprint density at radius 1 is 0.339 bits per heavy atom. The fourth-order valence-electron chi connectivity index (χ4n) is 6.56. The SMILES string of the molecule is CC/C=C\C/C=C\C/C=C\C/C=C\CCCCCCCCC(=O)OCC(COC(=O)CCCC/C=C\C/C=C\C/C=C\CC)OC(=O)CCCCC/C=C\CCCCCCCC. The van der Waals surface area contributed by atoms with Crippen molar-refractivity contribution < 1.29 is 28.6 Å². The molecule has 1 atom stereocenters. The molecular formula is C56H92O6. The smallest absolute Gasteiger partial charge is 0.306 e. The van der Waals surface area contributed by atoms with Gasteiger partial charge in [0.2, 0.25) is 0 Å². The molecule has 0 radical (unpaired) electrons. The van der Waals surface area contributed by atoms with E-state index in [1.165, 1.54) is 51.4 Å². The minimum atomic E-state index is -0.807. The molecule has 0 saturated heterocycles. The Balaban J connectivity index is 4.45. The van der Waals surface area contributed by atoms with E-state index in [-0.39, 0.29) is 31.1 Å². The molecule has 0 aromatic heterocycles. The molecule has 0 aliphatic heterocycles. The van der Waals surface area contributed by atoms with Crippen molar-refractivity contribution in [3.63, 3.8) is 0 Å². The first kappa shape index (κ1) is 58.3. The zero-order valence-corrected chi connectivity index (χ0v) is 40.1. The van der Waals surface area contributed by atoms with Gasteiger partial charge < -0.3 is 14.2 Å². The van der Waals surface area contributed by atoms with Gasteiger partial charge in [-0.05, 0) is 116 Å². The quantitative estimate of drug-likeness (QED) is 0.0263. The maximum Gasteiger partial charge on any atom is 0.306 e. The topological polar surface area (TPSA) is 78.9 Å². The lowest BCUT2D eigenvalue weighted by molar-refractivity contribution is -0.167. The van der Waals surface area contributed by atoms with E-state index in [2.05, 4.69) is 118 Å². The van der Waals surface area contributed by atoms with Gasteiger partial charge >= 0.3 is 17.9 Å². The van der Waals surface area contributed by atoms with Gasteiger partial charge in [0.1, 0.15) is 13.2 Å². The van der Waals surface area contributed by atoms with Gasteiger partial charge in [0.25, 0.3) is 0 Å². The first-order valence-electron chi connectivity index (χ1n) is 25.2. The molecule has 0 aliphatic carbocycles. The molecule has 0 aromatic rings. The number of ether oxygens (including phenoxy) is 3. The fraction of sp³-hybridized carbons (Fsp3) is 0.661. The van der Waals surface area contributed by atoms with Crippen molar-refractivity contribution >= 4 is 17.9 Å². The summed E-state index contributed by atoms with van der Waals surface area (Å²) in [6.07, 6.45) is 65.4. The number of carbonyl (C=O) groups is 3. The van der Waals surface area contributed by atoms with E-state index < -0.39 is 6.10 Å². The van der Waals surface area contributed by atoms with Gasteiger partial charge in [-0.1, -0.05) is 182 Å². The largest absolute Gasteiger partial charge is 0.462 e. The second-order valence-electron chi connectivity index (χ2n) is 16.3. The number of carbonyl (C=O) groups excluding carboxylic acids is 3. The molecule has 0 heterocycles.